The smallest absolute Gasteiger partial charge is 0.267 e. The van der Waals surface area contributed by atoms with Crippen molar-refractivity contribution in [1.29, 1.82) is 0 Å². The minimum Gasteiger partial charge on any atom is -0.377 e. The van der Waals surface area contributed by atoms with Gasteiger partial charge in [0.15, 0.2) is 5.82 Å². The number of ether oxygens (including phenoxy) is 1. The van der Waals surface area contributed by atoms with Gasteiger partial charge >= 0.3 is 0 Å². The van der Waals surface area contributed by atoms with Gasteiger partial charge in [-0.3, -0.25) is 9.59 Å². The summed E-state index contributed by atoms with van der Waals surface area (Å²) in [7, 11) is 0. The highest BCUT2D eigenvalue weighted by molar-refractivity contribution is 5.98. The van der Waals surface area contributed by atoms with E-state index in [2.05, 4.69) is 20.5 Å². The van der Waals surface area contributed by atoms with Gasteiger partial charge in [-0.15, -0.1) is 5.10 Å². The largest absolute Gasteiger partial charge is 0.377 e. The van der Waals surface area contributed by atoms with Crippen LogP contribution in [0.3, 0.4) is 0 Å². The van der Waals surface area contributed by atoms with Gasteiger partial charge < -0.3 is 15.0 Å². The lowest BCUT2D eigenvalue weighted by atomic mass is 10.1. The summed E-state index contributed by atoms with van der Waals surface area (Å²) < 4.78 is 8.50. The third kappa shape index (κ3) is 3.21. The predicted octanol–water partition coefficient (Wildman–Crippen LogP) is 1.28. The highest BCUT2D eigenvalue weighted by atomic mass is 16.5. The normalized spacial score (nSPS) is 18.9. The molecule has 29 heavy (non-hydrogen) atoms. The summed E-state index contributed by atoms with van der Waals surface area (Å²) in [6.45, 7) is 0.597. The van der Waals surface area contributed by atoms with Crippen LogP contribution in [-0.2, 0) is 4.74 Å². The van der Waals surface area contributed by atoms with E-state index in [4.69, 9.17) is 4.74 Å². The molecule has 1 saturated heterocycles. The van der Waals surface area contributed by atoms with Crippen molar-refractivity contribution >= 4 is 16.8 Å². The fourth-order valence-electron chi connectivity index (χ4n) is 3.55. The van der Waals surface area contributed by atoms with Gasteiger partial charge in [0.2, 0.25) is 0 Å². The summed E-state index contributed by atoms with van der Waals surface area (Å²) in [4.78, 5) is 28.3. The number of hydrogen-bond donors (Lipinski definition) is 2. The van der Waals surface area contributed by atoms with Crippen LogP contribution in [0.5, 0.6) is 0 Å². The Morgan fingerprint density at radius 3 is 3.00 bits per heavy atom. The summed E-state index contributed by atoms with van der Waals surface area (Å²) in [5.74, 6) is 0.300. The quantitative estimate of drug-likeness (QED) is 0.546. The molecule has 2 unspecified atom stereocenters. The number of benzene rings is 1. The first-order valence-electron chi connectivity index (χ1n) is 9.25. The number of nitrogens with zero attached hydrogens (tertiary/aromatic N) is 4. The summed E-state index contributed by atoms with van der Waals surface area (Å²) in [5, 5.41) is 12.5. The molecule has 146 valence electrons. The van der Waals surface area contributed by atoms with Crippen molar-refractivity contribution in [2.45, 2.75) is 12.1 Å². The Morgan fingerprint density at radius 2 is 2.14 bits per heavy atom. The number of rotatable bonds is 4. The van der Waals surface area contributed by atoms with Crippen LogP contribution in [0.4, 0.5) is 0 Å². The molecule has 1 fully saturated rings. The van der Waals surface area contributed by atoms with Crippen LogP contribution in [0.1, 0.15) is 16.4 Å². The van der Waals surface area contributed by atoms with Gasteiger partial charge in [0.1, 0.15) is 6.04 Å². The van der Waals surface area contributed by atoms with E-state index in [9.17, 15) is 9.59 Å². The van der Waals surface area contributed by atoms with Crippen LogP contribution >= 0.6 is 0 Å². The molecule has 5 rings (SSSR count). The summed E-state index contributed by atoms with van der Waals surface area (Å²) in [6, 6.07) is 11.4. The molecule has 1 amide bonds. The SMILES string of the molecule is O=C(NC1COCC1n1nc(-n2cccn2)ccc1=O)c1ccc2[nH]ccc2c1. The highest BCUT2D eigenvalue weighted by Gasteiger charge is 2.33. The Kier molecular flexibility index (Phi) is 4.21. The lowest BCUT2D eigenvalue weighted by Crippen LogP contribution is -2.44. The summed E-state index contributed by atoms with van der Waals surface area (Å²) in [5.41, 5.74) is 1.26. The lowest BCUT2D eigenvalue weighted by Gasteiger charge is -2.20. The zero-order valence-corrected chi connectivity index (χ0v) is 15.4. The minimum absolute atomic E-state index is 0.218. The molecule has 1 aliphatic rings. The van der Waals surface area contributed by atoms with Gasteiger partial charge in [-0.1, -0.05) is 0 Å². The van der Waals surface area contributed by atoms with Crippen LogP contribution in [0, 0.1) is 0 Å². The maximum Gasteiger partial charge on any atom is 0.267 e. The molecule has 0 spiro atoms. The van der Waals surface area contributed by atoms with Gasteiger partial charge in [0.25, 0.3) is 11.5 Å². The molecule has 1 aliphatic heterocycles. The topological polar surface area (TPSA) is 107 Å². The van der Waals surface area contributed by atoms with Crippen molar-refractivity contribution in [2.24, 2.45) is 0 Å². The molecule has 0 bridgehead atoms. The molecule has 9 nitrogen and oxygen atoms in total. The second kappa shape index (κ2) is 7.02. The molecule has 4 heterocycles. The standard InChI is InChI=1S/C20H18N6O3/c27-19-5-4-18(25-9-1-7-22-25)24-26(19)17-12-29-11-16(17)23-20(28)14-2-3-15-13(10-14)6-8-21-15/h1-10,16-17,21H,11-12H2,(H,23,28). The molecular formula is C20H18N6O3. The van der Waals surface area contributed by atoms with Crippen molar-refractivity contribution in [1.82, 2.24) is 29.9 Å². The van der Waals surface area contributed by atoms with Crippen LogP contribution in [0.15, 0.2) is 65.8 Å². The van der Waals surface area contributed by atoms with Crippen LogP contribution < -0.4 is 10.9 Å². The van der Waals surface area contributed by atoms with E-state index in [0.717, 1.165) is 10.9 Å². The maximum absolute atomic E-state index is 12.8. The van der Waals surface area contributed by atoms with Crippen molar-refractivity contribution in [3.05, 3.63) is 77.0 Å². The average Bonchev–Trinajstić information content (AvgIpc) is 3.49. The molecule has 9 heteroatoms. The van der Waals surface area contributed by atoms with Gasteiger partial charge in [-0.25, -0.2) is 9.36 Å². The molecular weight excluding hydrogens is 372 g/mol. The Balaban J connectivity index is 1.41. The summed E-state index contributed by atoms with van der Waals surface area (Å²) >= 11 is 0. The molecule has 4 aromatic rings. The van der Waals surface area contributed by atoms with E-state index in [0.29, 0.717) is 18.0 Å². The molecule has 0 aliphatic carbocycles. The predicted molar refractivity (Wildman–Crippen MR) is 105 cm³/mol. The van der Waals surface area contributed by atoms with Crippen molar-refractivity contribution in [2.75, 3.05) is 13.2 Å². The van der Waals surface area contributed by atoms with Crippen molar-refractivity contribution in [3.63, 3.8) is 0 Å². The second-order valence-electron chi connectivity index (χ2n) is 6.89. The minimum atomic E-state index is -0.405. The van der Waals surface area contributed by atoms with E-state index >= 15 is 0 Å². The van der Waals surface area contributed by atoms with Crippen molar-refractivity contribution < 1.29 is 9.53 Å². The first-order valence-corrected chi connectivity index (χ1v) is 9.25. The Labute approximate surface area is 164 Å². The lowest BCUT2D eigenvalue weighted by molar-refractivity contribution is 0.0925. The van der Waals surface area contributed by atoms with Gasteiger partial charge in [0.05, 0.1) is 19.3 Å². The van der Waals surface area contributed by atoms with E-state index in [1.54, 1.807) is 35.3 Å². The van der Waals surface area contributed by atoms with E-state index in [1.165, 1.54) is 10.7 Å². The Bertz CT molecular complexity index is 1230. The number of H-pyrrole nitrogens is 1. The van der Waals surface area contributed by atoms with Gasteiger partial charge in [-0.2, -0.15) is 5.10 Å². The fourth-order valence-corrected chi connectivity index (χ4v) is 3.55. The maximum atomic E-state index is 12.8. The average molecular weight is 390 g/mol. The molecule has 0 saturated carbocycles. The molecule has 2 N–H and O–H groups in total. The van der Waals surface area contributed by atoms with Crippen LogP contribution in [-0.4, -0.2) is 49.7 Å². The zero-order valence-electron chi connectivity index (χ0n) is 15.4. The monoisotopic (exact) mass is 390 g/mol. The molecule has 1 aromatic carbocycles. The fraction of sp³-hybridized carbons (Fsp3) is 0.200. The number of carbonyl (C=O) groups excluding carboxylic acids is 1. The molecule has 0 radical (unpaired) electrons. The Hall–Kier alpha value is -3.72. The first-order chi connectivity index (χ1) is 14.2. The number of aromatic nitrogens is 5. The van der Waals surface area contributed by atoms with Gasteiger partial charge in [0, 0.05) is 41.1 Å². The number of aromatic amines is 1. The molecule has 2 atom stereocenters. The van der Waals surface area contributed by atoms with E-state index in [1.807, 2.05) is 24.4 Å². The van der Waals surface area contributed by atoms with E-state index < -0.39 is 6.04 Å². The number of amides is 1. The van der Waals surface area contributed by atoms with Gasteiger partial charge in [-0.05, 0) is 36.4 Å². The third-order valence-corrected chi connectivity index (χ3v) is 5.05. The summed E-state index contributed by atoms with van der Waals surface area (Å²) in [6.07, 6.45) is 5.22. The number of nitrogens with one attached hydrogen (secondary N) is 2. The molecule has 3 aromatic heterocycles. The number of hydrogen-bond acceptors (Lipinski definition) is 5. The zero-order chi connectivity index (χ0) is 19.8. The van der Waals surface area contributed by atoms with Crippen LogP contribution in [0.25, 0.3) is 16.7 Å². The Morgan fingerprint density at radius 1 is 1.21 bits per heavy atom. The second-order valence-corrected chi connectivity index (χ2v) is 6.89. The first kappa shape index (κ1) is 17.4. The van der Waals surface area contributed by atoms with E-state index in [-0.39, 0.29) is 24.1 Å². The number of carbonyl (C=O) groups is 1. The van der Waals surface area contributed by atoms with Crippen LogP contribution in [0.2, 0.25) is 0 Å². The third-order valence-electron chi connectivity index (χ3n) is 5.05. The number of fused-ring (bicyclic) bond motifs is 1. The van der Waals surface area contributed by atoms with Crippen molar-refractivity contribution in [3.8, 4) is 5.82 Å². The highest BCUT2D eigenvalue weighted by Crippen LogP contribution is 2.19.